The summed E-state index contributed by atoms with van der Waals surface area (Å²) in [5, 5.41) is 0. The number of hydrogen-bond acceptors (Lipinski definition) is 4. The highest BCUT2D eigenvalue weighted by Gasteiger charge is 2.58. The van der Waals surface area contributed by atoms with Crippen molar-refractivity contribution >= 4 is 74.3 Å². The van der Waals surface area contributed by atoms with Crippen LogP contribution in [0.15, 0.2) is 273 Å². The highest BCUT2D eigenvalue weighted by Crippen LogP contribution is 2.66. The fourth-order valence-electron chi connectivity index (χ4n) is 14.4. The zero-order chi connectivity index (χ0) is 53.9. The Labute approximate surface area is 474 Å². The lowest BCUT2D eigenvalue weighted by atomic mass is 9.42. The molecule has 394 valence electrons. The van der Waals surface area contributed by atoms with Gasteiger partial charge in [0.25, 0.3) is 0 Å². The maximum absolute atomic E-state index is 4.04. The van der Waals surface area contributed by atoms with Gasteiger partial charge >= 0.3 is 0 Å². The number of anilines is 12. The van der Waals surface area contributed by atoms with Crippen molar-refractivity contribution in [1.82, 2.24) is 0 Å². The van der Waals surface area contributed by atoms with E-state index in [0.29, 0.717) is 0 Å². The summed E-state index contributed by atoms with van der Waals surface area (Å²) in [4.78, 5) is 9.46. The number of unbranched alkanes of at least 4 members (excludes halogenated alkanes) is 1. The van der Waals surface area contributed by atoms with E-state index in [1.807, 2.05) is 6.08 Å². The first-order chi connectivity index (χ1) is 39.4. The van der Waals surface area contributed by atoms with Crippen LogP contribution in [0.2, 0.25) is 0 Å². The van der Waals surface area contributed by atoms with E-state index in [1.54, 1.807) is 5.56 Å². The molecule has 4 aliphatic carbocycles. The predicted molar refractivity (Wildman–Crippen MR) is 338 cm³/mol. The standard InChI is InChI=1S/C76H70N4/c1-3-5-18-58-29-35-67(36-30-58)80(68-37-33-62(34-38-68)76-54-59-51-60(55-76)53-75(52-59,56-76)61-31-27-57(4-2)28-32-61)74-49-47-73(48-50-74)79(66-25-16-9-17-26-66)72-45-43-71(44-46-72)78(65-23-14-8-15-24-65)70-41-39-69(40-42-70)77(63-19-10-6-11-20-63)64-21-12-7-13-22-64/h4,6-17,19-50,59-60H,2-3,5,18,51-56H2,1H3. The Balaban J connectivity index is 0.817. The van der Waals surface area contributed by atoms with Gasteiger partial charge in [0.05, 0.1) is 0 Å². The second-order valence-corrected chi connectivity index (χ2v) is 22.9. The van der Waals surface area contributed by atoms with Crippen LogP contribution in [-0.4, -0.2) is 0 Å². The first-order valence-electron chi connectivity index (χ1n) is 29.1. The minimum atomic E-state index is 0.214. The number of aryl methyl sites for hydroxylation is 1. The third kappa shape index (κ3) is 10.0. The average Bonchev–Trinajstić information content (AvgIpc) is 3.58. The molecule has 80 heavy (non-hydrogen) atoms. The highest BCUT2D eigenvalue weighted by molar-refractivity contribution is 5.85. The molecule has 4 heteroatoms. The third-order valence-corrected chi connectivity index (χ3v) is 17.7. The molecular weight excluding hydrogens is 969 g/mol. The first kappa shape index (κ1) is 50.6. The summed E-state index contributed by atoms with van der Waals surface area (Å²) in [5.41, 5.74) is 19.4. The molecule has 4 fully saturated rings. The molecule has 0 heterocycles. The molecule has 0 spiro atoms. The van der Waals surface area contributed by atoms with Crippen LogP contribution in [-0.2, 0) is 17.3 Å². The minimum absolute atomic E-state index is 0.214. The maximum atomic E-state index is 4.04. The molecule has 0 radical (unpaired) electrons. The number of hydrogen-bond donors (Lipinski definition) is 0. The molecule has 2 unspecified atom stereocenters. The lowest BCUT2D eigenvalue weighted by Gasteiger charge is -2.63. The van der Waals surface area contributed by atoms with Crippen molar-refractivity contribution in [2.75, 3.05) is 19.6 Å². The van der Waals surface area contributed by atoms with E-state index in [1.165, 1.54) is 79.4 Å². The van der Waals surface area contributed by atoms with Gasteiger partial charge < -0.3 is 19.6 Å². The molecule has 4 bridgehead atoms. The van der Waals surface area contributed by atoms with Crippen LogP contribution in [0.5, 0.6) is 0 Å². The van der Waals surface area contributed by atoms with Crippen LogP contribution in [0.1, 0.15) is 80.5 Å². The van der Waals surface area contributed by atoms with Crippen LogP contribution in [0, 0.1) is 11.8 Å². The number of nitrogens with zero attached hydrogens (tertiary/aromatic N) is 4. The summed E-state index contributed by atoms with van der Waals surface area (Å²) in [7, 11) is 0. The Morgan fingerprint density at radius 1 is 0.350 bits per heavy atom. The average molecular weight is 1040 g/mol. The van der Waals surface area contributed by atoms with Gasteiger partial charge in [-0.25, -0.2) is 0 Å². The van der Waals surface area contributed by atoms with Crippen molar-refractivity contribution in [2.45, 2.75) is 75.5 Å². The summed E-state index contributed by atoms with van der Waals surface area (Å²) in [6, 6.07) is 98.2. The lowest BCUT2D eigenvalue weighted by Crippen LogP contribution is -2.55. The fourth-order valence-corrected chi connectivity index (χ4v) is 14.4. The summed E-state index contributed by atoms with van der Waals surface area (Å²) in [6.45, 7) is 6.31. The molecule has 0 amide bonds. The summed E-state index contributed by atoms with van der Waals surface area (Å²) in [5.74, 6) is 1.57. The van der Waals surface area contributed by atoms with E-state index < -0.39 is 0 Å². The third-order valence-electron chi connectivity index (χ3n) is 17.7. The van der Waals surface area contributed by atoms with Crippen molar-refractivity contribution in [3.05, 3.63) is 296 Å². The Kier molecular flexibility index (Phi) is 14.0. The summed E-state index contributed by atoms with van der Waals surface area (Å²) >= 11 is 0. The Hall–Kier alpha value is -8.86. The number of rotatable bonds is 18. The second-order valence-electron chi connectivity index (χ2n) is 22.9. The van der Waals surface area contributed by atoms with Crippen molar-refractivity contribution in [1.29, 1.82) is 0 Å². The molecule has 10 aromatic carbocycles. The van der Waals surface area contributed by atoms with E-state index in [-0.39, 0.29) is 10.8 Å². The summed E-state index contributed by atoms with van der Waals surface area (Å²) < 4.78 is 0. The van der Waals surface area contributed by atoms with Crippen LogP contribution < -0.4 is 19.6 Å². The van der Waals surface area contributed by atoms with Crippen molar-refractivity contribution in [2.24, 2.45) is 11.8 Å². The molecule has 10 aromatic rings. The first-order valence-corrected chi connectivity index (χ1v) is 29.1. The molecule has 2 atom stereocenters. The van der Waals surface area contributed by atoms with Crippen LogP contribution in [0.4, 0.5) is 68.2 Å². The Morgan fingerprint density at radius 3 is 0.900 bits per heavy atom. The van der Waals surface area contributed by atoms with Gasteiger partial charge in [-0.2, -0.15) is 0 Å². The Bertz CT molecular complexity index is 3580. The van der Waals surface area contributed by atoms with Gasteiger partial charge in [0.1, 0.15) is 0 Å². The second kappa shape index (κ2) is 22.1. The molecule has 0 aromatic heterocycles. The van der Waals surface area contributed by atoms with Gasteiger partial charge in [-0.3, -0.25) is 0 Å². The maximum Gasteiger partial charge on any atom is 0.0463 e. The topological polar surface area (TPSA) is 13.0 Å². The van der Waals surface area contributed by atoms with Gasteiger partial charge in [-0.05, 0) is 242 Å². The monoisotopic (exact) mass is 1040 g/mol. The zero-order valence-corrected chi connectivity index (χ0v) is 46.0. The molecule has 4 nitrogen and oxygen atoms in total. The van der Waals surface area contributed by atoms with E-state index in [2.05, 4.69) is 300 Å². The minimum Gasteiger partial charge on any atom is -0.311 e. The van der Waals surface area contributed by atoms with Gasteiger partial charge in [-0.15, -0.1) is 0 Å². The van der Waals surface area contributed by atoms with E-state index in [4.69, 9.17) is 0 Å². The van der Waals surface area contributed by atoms with Gasteiger partial charge in [0, 0.05) is 68.2 Å². The zero-order valence-electron chi connectivity index (χ0n) is 46.0. The molecule has 4 saturated carbocycles. The molecule has 4 aliphatic rings. The number of benzene rings is 10. The van der Waals surface area contributed by atoms with Crippen molar-refractivity contribution in [3.63, 3.8) is 0 Å². The van der Waals surface area contributed by atoms with Gasteiger partial charge in [0.15, 0.2) is 0 Å². The predicted octanol–water partition coefficient (Wildman–Crippen LogP) is 21.3. The van der Waals surface area contributed by atoms with E-state index in [9.17, 15) is 0 Å². The largest absolute Gasteiger partial charge is 0.311 e. The molecule has 0 aliphatic heterocycles. The highest BCUT2D eigenvalue weighted by atomic mass is 15.2. The van der Waals surface area contributed by atoms with Crippen LogP contribution in [0.3, 0.4) is 0 Å². The van der Waals surface area contributed by atoms with Crippen molar-refractivity contribution in [3.8, 4) is 0 Å². The van der Waals surface area contributed by atoms with Crippen molar-refractivity contribution < 1.29 is 0 Å². The van der Waals surface area contributed by atoms with Gasteiger partial charge in [0.2, 0.25) is 0 Å². The Morgan fingerprint density at radius 2 is 0.613 bits per heavy atom. The SMILES string of the molecule is C=Cc1ccc(C23CC4CC(C2)CC(c2ccc(N(c5ccc(CCCC)cc5)c5ccc(N(c6ccccc6)c6ccc(N(c7ccccc7)c7ccc(N(c8ccccc8)c8ccccc8)cc7)cc6)cc5)cc2)(C4)C3)cc1. The van der Waals surface area contributed by atoms with E-state index >= 15 is 0 Å². The van der Waals surface area contributed by atoms with Gasteiger partial charge in [-0.1, -0.05) is 147 Å². The molecule has 14 rings (SSSR count). The molecular formula is C76H70N4. The normalized spacial score (nSPS) is 18.8. The number of para-hydroxylation sites is 4. The molecule has 0 saturated heterocycles. The molecule has 0 N–H and O–H groups in total. The van der Waals surface area contributed by atoms with Crippen LogP contribution >= 0.6 is 0 Å². The smallest absolute Gasteiger partial charge is 0.0463 e. The quantitative estimate of drug-likeness (QED) is 0.0849. The van der Waals surface area contributed by atoms with E-state index in [0.717, 1.165) is 75.1 Å². The fraction of sp³-hybridized carbons (Fsp3) is 0.184. The lowest BCUT2D eigenvalue weighted by molar-refractivity contribution is -0.0281. The summed E-state index contributed by atoms with van der Waals surface area (Å²) in [6.07, 6.45) is 13.4. The van der Waals surface area contributed by atoms with Crippen LogP contribution in [0.25, 0.3) is 6.08 Å².